The Kier molecular flexibility index (Phi) is 5.33. The van der Waals surface area contributed by atoms with Gasteiger partial charge in [0.2, 0.25) is 0 Å². The van der Waals surface area contributed by atoms with Crippen molar-refractivity contribution in [3.8, 4) is 5.75 Å². The fourth-order valence-corrected chi connectivity index (χ4v) is 3.44. The minimum atomic E-state index is -3.61. The van der Waals surface area contributed by atoms with E-state index in [2.05, 4.69) is 0 Å². The Morgan fingerprint density at radius 3 is 2.56 bits per heavy atom. The van der Waals surface area contributed by atoms with Gasteiger partial charge in [-0.1, -0.05) is 12.1 Å². The summed E-state index contributed by atoms with van der Waals surface area (Å²) in [6, 6.07) is 7.47. The number of ether oxygens (including phenoxy) is 5. The molecule has 140 valence electrons. The maximum absolute atomic E-state index is 11.4. The van der Waals surface area contributed by atoms with Crippen LogP contribution in [0.15, 0.2) is 24.3 Å². The van der Waals surface area contributed by atoms with E-state index < -0.39 is 34.2 Å². The van der Waals surface area contributed by atoms with Gasteiger partial charge in [-0.15, -0.1) is 0 Å². The third-order valence-corrected chi connectivity index (χ3v) is 4.84. The number of hydrogen-bond donors (Lipinski definition) is 0. The van der Waals surface area contributed by atoms with E-state index in [9.17, 15) is 8.42 Å². The predicted octanol–water partition coefficient (Wildman–Crippen LogP) is 0.697. The Balaban J connectivity index is 1.70. The molecule has 0 aliphatic carbocycles. The molecular formula is C16H22O8S. The molecule has 3 rings (SSSR count). The highest BCUT2D eigenvalue weighted by Gasteiger charge is 2.63. The van der Waals surface area contributed by atoms with Gasteiger partial charge in [0.15, 0.2) is 6.29 Å². The van der Waals surface area contributed by atoms with Gasteiger partial charge in [-0.05, 0) is 17.7 Å². The molecule has 0 aromatic heterocycles. The lowest BCUT2D eigenvalue weighted by molar-refractivity contribution is -0.240. The van der Waals surface area contributed by atoms with Crippen LogP contribution in [0.1, 0.15) is 5.56 Å². The van der Waals surface area contributed by atoms with Gasteiger partial charge in [0.05, 0.1) is 26.6 Å². The zero-order valence-corrected chi connectivity index (χ0v) is 15.2. The minimum absolute atomic E-state index is 0.181. The first-order valence-corrected chi connectivity index (χ1v) is 9.60. The van der Waals surface area contributed by atoms with Gasteiger partial charge >= 0.3 is 0 Å². The SMILES string of the molecule is COc1ccc(CO[C@H]2[C@H]3OC[C@]2(COS(C)(=O)=O)OC3OC)cc1. The molecule has 2 saturated heterocycles. The molecule has 0 saturated carbocycles. The summed E-state index contributed by atoms with van der Waals surface area (Å²) in [5, 5.41) is 0. The number of fused-ring (bicyclic) bond motifs is 2. The van der Waals surface area contributed by atoms with Gasteiger partial charge in [0.25, 0.3) is 10.1 Å². The Labute approximate surface area is 147 Å². The molecule has 2 aliphatic rings. The average Bonchev–Trinajstić information content (AvgIpc) is 3.10. The maximum Gasteiger partial charge on any atom is 0.264 e. The fraction of sp³-hybridized carbons (Fsp3) is 0.625. The lowest BCUT2D eigenvalue weighted by atomic mass is 10.0. The van der Waals surface area contributed by atoms with E-state index in [0.29, 0.717) is 6.61 Å². The van der Waals surface area contributed by atoms with E-state index >= 15 is 0 Å². The van der Waals surface area contributed by atoms with Crippen molar-refractivity contribution in [1.82, 2.24) is 0 Å². The van der Waals surface area contributed by atoms with Gasteiger partial charge in [-0.2, -0.15) is 8.42 Å². The molecule has 2 fully saturated rings. The topological polar surface area (TPSA) is 89.5 Å². The molecule has 2 bridgehead atoms. The molecule has 4 atom stereocenters. The third kappa shape index (κ3) is 3.97. The van der Waals surface area contributed by atoms with Crippen LogP contribution in [0.4, 0.5) is 0 Å². The normalized spacial score (nSPS) is 31.4. The van der Waals surface area contributed by atoms with E-state index in [1.54, 1.807) is 7.11 Å². The van der Waals surface area contributed by atoms with E-state index in [1.807, 2.05) is 24.3 Å². The maximum atomic E-state index is 11.4. The number of methoxy groups -OCH3 is 2. The Hall–Kier alpha value is -1.23. The molecule has 25 heavy (non-hydrogen) atoms. The molecule has 0 amide bonds. The van der Waals surface area contributed by atoms with Crippen LogP contribution >= 0.6 is 0 Å². The van der Waals surface area contributed by atoms with Crippen LogP contribution in [0.3, 0.4) is 0 Å². The monoisotopic (exact) mass is 374 g/mol. The summed E-state index contributed by atoms with van der Waals surface area (Å²) in [6.45, 7) is 0.310. The zero-order chi connectivity index (χ0) is 18.1. The van der Waals surface area contributed by atoms with Crippen molar-refractivity contribution in [3.63, 3.8) is 0 Å². The second-order valence-corrected chi connectivity index (χ2v) is 7.75. The van der Waals surface area contributed by atoms with Crippen LogP contribution in [0.25, 0.3) is 0 Å². The molecule has 9 heteroatoms. The molecule has 2 aliphatic heterocycles. The first kappa shape index (κ1) is 18.6. The lowest BCUT2D eigenvalue weighted by Gasteiger charge is -2.30. The van der Waals surface area contributed by atoms with Crippen molar-refractivity contribution in [2.24, 2.45) is 0 Å². The molecule has 2 heterocycles. The highest BCUT2D eigenvalue weighted by atomic mass is 32.2. The van der Waals surface area contributed by atoms with Crippen molar-refractivity contribution < 1.29 is 36.3 Å². The smallest absolute Gasteiger partial charge is 0.264 e. The lowest BCUT2D eigenvalue weighted by Crippen LogP contribution is -2.47. The number of hydrogen-bond acceptors (Lipinski definition) is 8. The largest absolute Gasteiger partial charge is 0.497 e. The van der Waals surface area contributed by atoms with Crippen molar-refractivity contribution >= 4 is 10.1 Å². The van der Waals surface area contributed by atoms with Gasteiger partial charge in [0, 0.05) is 7.11 Å². The Morgan fingerprint density at radius 1 is 1.24 bits per heavy atom. The van der Waals surface area contributed by atoms with Crippen LogP contribution < -0.4 is 4.74 Å². The van der Waals surface area contributed by atoms with Crippen molar-refractivity contribution in [1.29, 1.82) is 0 Å². The first-order chi connectivity index (χ1) is 11.9. The summed E-state index contributed by atoms with van der Waals surface area (Å²) in [7, 11) is -0.505. The summed E-state index contributed by atoms with van der Waals surface area (Å²) < 4.78 is 55.6. The summed E-state index contributed by atoms with van der Waals surface area (Å²) >= 11 is 0. The fourth-order valence-electron chi connectivity index (χ4n) is 3.03. The summed E-state index contributed by atoms with van der Waals surface area (Å²) in [4.78, 5) is 0. The molecule has 0 spiro atoms. The van der Waals surface area contributed by atoms with Crippen molar-refractivity contribution in [2.75, 3.05) is 33.7 Å². The van der Waals surface area contributed by atoms with E-state index in [1.165, 1.54) is 7.11 Å². The van der Waals surface area contributed by atoms with Crippen LogP contribution in [-0.4, -0.2) is 66.2 Å². The zero-order valence-electron chi connectivity index (χ0n) is 14.3. The van der Waals surface area contributed by atoms with Crippen molar-refractivity contribution in [2.45, 2.75) is 30.7 Å². The van der Waals surface area contributed by atoms with Crippen LogP contribution in [0.2, 0.25) is 0 Å². The second-order valence-electron chi connectivity index (χ2n) is 6.11. The highest BCUT2D eigenvalue weighted by Crippen LogP contribution is 2.43. The highest BCUT2D eigenvalue weighted by molar-refractivity contribution is 7.85. The minimum Gasteiger partial charge on any atom is -0.497 e. The van der Waals surface area contributed by atoms with Gasteiger partial charge in [-0.3, -0.25) is 4.18 Å². The second kappa shape index (κ2) is 7.18. The van der Waals surface area contributed by atoms with Crippen LogP contribution in [-0.2, 0) is 39.9 Å². The summed E-state index contributed by atoms with van der Waals surface area (Å²) in [5.74, 6) is 0.758. The molecule has 1 aromatic rings. The average molecular weight is 374 g/mol. The van der Waals surface area contributed by atoms with Crippen LogP contribution in [0, 0.1) is 0 Å². The Morgan fingerprint density at radius 2 is 1.96 bits per heavy atom. The van der Waals surface area contributed by atoms with Gasteiger partial charge in [-0.25, -0.2) is 0 Å². The Bertz CT molecular complexity index is 689. The van der Waals surface area contributed by atoms with E-state index in [0.717, 1.165) is 17.6 Å². The molecule has 0 radical (unpaired) electrons. The van der Waals surface area contributed by atoms with E-state index in [4.69, 9.17) is 27.9 Å². The molecule has 1 aromatic carbocycles. The first-order valence-electron chi connectivity index (χ1n) is 7.78. The number of benzene rings is 1. The standard InChI is InChI=1S/C16H22O8S/c1-19-12-6-4-11(5-7-12)8-21-14-13-15(20-2)24-16(14,9-22-13)10-23-25(3,17)18/h4-7,13-15H,8-10H2,1-3H3/t13-,14+,15?,16-/m1/s1. The summed E-state index contributed by atoms with van der Waals surface area (Å²) in [6.07, 6.45) is -0.571. The van der Waals surface area contributed by atoms with Crippen molar-refractivity contribution in [3.05, 3.63) is 29.8 Å². The predicted molar refractivity (Wildman–Crippen MR) is 86.7 cm³/mol. The van der Waals surface area contributed by atoms with Gasteiger partial charge < -0.3 is 23.7 Å². The molecule has 1 unspecified atom stereocenters. The third-order valence-electron chi connectivity index (χ3n) is 4.29. The molecular weight excluding hydrogens is 352 g/mol. The molecule has 0 N–H and O–H groups in total. The van der Waals surface area contributed by atoms with Crippen LogP contribution in [0.5, 0.6) is 5.75 Å². The quantitative estimate of drug-likeness (QED) is 0.614. The number of rotatable bonds is 8. The van der Waals surface area contributed by atoms with Gasteiger partial charge in [0.1, 0.15) is 30.2 Å². The summed E-state index contributed by atoms with van der Waals surface area (Å²) in [5.41, 5.74) is -0.0683. The van der Waals surface area contributed by atoms with E-state index in [-0.39, 0.29) is 13.2 Å². The molecule has 8 nitrogen and oxygen atoms in total.